The van der Waals surface area contributed by atoms with E-state index in [1.807, 2.05) is 12.1 Å². The third kappa shape index (κ3) is 2.32. The van der Waals surface area contributed by atoms with E-state index in [0.717, 1.165) is 18.8 Å². The molecule has 1 aliphatic rings. The van der Waals surface area contributed by atoms with Crippen LogP contribution in [0.1, 0.15) is 21.8 Å². The fraction of sp³-hybridized carbons (Fsp3) is 0.188. The molecule has 0 amide bonds. The summed E-state index contributed by atoms with van der Waals surface area (Å²) in [6.07, 6.45) is 0. The van der Waals surface area contributed by atoms with Crippen LogP contribution < -0.4 is 4.90 Å². The van der Waals surface area contributed by atoms with Gasteiger partial charge in [0.1, 0.15) is 0 Å². The molecule has 0 aliphatic carbocycles. The van der Waals surface area contributed by atoms with Crippen molar-refractivity contribution >= 4 is 11.7 Å². The fourth-order valence-corrected chi connectivity index (χ4v) is 2.46. The van der Waals surface area contributed by atoms with Gasteiger partial charge in [-0.25, -0.2) is 4.79 Å². The van der Waals surface area contributed by atoms with E-state index < -0.39 is 5.97 Å². The summed E-state index contributed by atoms with van der Waals surface area (Å²) in [4.78, 5) is 13.2. The summed E-state index contributed by atoms with van der Waals surface area (Å²) in [5.74, 6) is -0.323. The summed E-state index contributed by atoms with van der Waals surface area (Å²) in [5, 5.41) is 8.99. The summed E-state index contributed by atoms with van der Waals surface area (Å²) < 4.78 is 0. The minimum Gasteiger partial charge on any atom is -0.478 e. The standard InChI is InChI=1S/C16H15NO2/c18-16(19)13-7-4-8-15(9-13)17-10-14(11-17)12-5-2-1-3-6-12/h1-9,14H,10-11H2,(H,18,19). The van der Waals surface area contributed by atoms with Gasteiger partial charge in [0, 0.05) is 24.7 Å². The van der Waals surface area contributed by atoms with Crippen LogP contribution in [-0.4, -0.2) is 24.2 Å². The molecule has 1 N–H and O–H groups in total. The normalized spacial score (nSPS) is 15.1. The molecule has 1 heterocycles. The van der Waals surface area contributed by atoms with E-state index in [1.165, 1.54) is 5.56 Å². The van der Waals surface area contributed by atoms with E-state index in [-0.39, 0.29) is 0 Å². The van der Waals surface area contributed by atoms with Crippen molar-refractivity contribution in [3.63, 3.8) is 0 Å². The first-order chi connectivity index (χ1) is 9.24. The second-order valence-electron chi connectivity index (χ2n) is 4.87. The van der Waals surface area contributed by atoms with Crippen LogP contribution in [0.4, 0.5) is 5.69 Å². The summed E-state index contributed by atoms with van der Waals surface area (Å²) >= 11 is 0. The van der Waals surface area contributed by atoms with Crippen molar-refractivity contribution in [1.82, 2.24) is 0 Å². The molecule has 3 rings (SSSR count). The molecule has 1 aliphatic heterocycles. The van der Waals surface area contributed by atoms with Gasteiger partial charge in [0.15, 0.2) is 0 Å². The highest BCUT2D eigenvalue weighted by atomic mass is 16.4. The number of hydrogen-bond donors (Lipinski definition) is 1. The van der Waals surface area contributed by atoms with E-state index in [4.69, 9.17) is 5.11 Å². The maximum Gasteiger partial charge on any atom is 0.335 e. The lowest BCUT2D eigenvalue weighted by Crippen LogP contribution is -2.45. The van der Waals surface area contributed by atoms with Crippen molar-refractivity contribution in [3.05, 3.63) is 65.7 Å². The van der Waals surface area contributed by atoms with Crippen molar-refractivity contribution in [2.24, 2.45) is 0 Å². The third-order valence-corrected chi connectivity index (χ3v) is 3.61. The monoisotopic (exact) mass is 253 g/mol. The number of benzene rings is 2. The molecule has 0 bridgehead atoms. The minimum atomic E-state index is -0.873. The number of rotatable bonds is 3. The maximum absolute atomic E-state index is 10.9. The Kier molecular flexibility index (Phi) is 2.95. The quantitative estimate of drug-likeness (QED) is 0.914. The molecule has 1 saturated heterocycles. The lowest BCUT2D eigenvalue weighted by Gasteiger charge is -2.41. The van der Waals surface area contributed by atoms with Crippen molar-refractivity contribution in [1.29, 1.82) is 0 Å². The van der Waals surface area contributed by atoms with Crippen molar-refractivity contribution in [2.75, 3.05) is 18.0 Å². The van der Waals surface area contributed by atoms with Crippen LogP contribution >= 0.6 is 0 Å². The molecule has 3 heteroatoms. The third-order valence-electron chi connectivity index (χ3n) is 3.61. The van der Waals surface area contributed by atoms with Gasteiger partial charge in [0.05, 0.1) is 5.56 Å². The summed E-state index contributed by atoms with van der Waals surface area (Å²) in [7, 11) is 0. The molecule has 2 aromatic carbocycles. The van der Waals surface area contributed by atoms with Gasteiger partial charge in [0.2, 0.25) is 0 Å². The smallest absolute Gasteiger partial charge is 0.335 e. The molecule has 3 nitrogen and oxygen atoms in total. The highest BCUT2D eigenvalue weighted by molar-refractivity contribution is 5.88. The SMILES string of the molecule is O=C(O)c1cccc(N2CC(c3ccccc3)C2)c1. The average molecular weight is 253 g/mol. The molecule has 0 radical (unpaired) electrons. The van der Waals surface area contributed by atoms with Gasteiger partial charge >= 0.3 is 5.97 Å². The predicted molar refractivity (Wildman–Crippen MR) is 74.8 cm³/mol. The van der Waals surface area contributed by atoms with Gasteiger partial charge < -0.3 is 10.0 Å². The van der Waals surface area contributed by atoms with E-state index >= 15 is 0 Å². The zero-order valence-electron chi connectivity index (χ0n) is 10.5. The minimum absolute atomic E-state index is 0.348. The first kappa shape index (κ1) is 11.8. The van der Waals surface area contributed by atoms with Gasteiger partial charge in [-0.15, -0.1) is 0 Å². The Hall–Kier alpha value is -2.29. The Morgan fingerprint density at radius 3 is 2.47 bits per heavy atom. The molecular weight excluding hydrogens is 238 g/mol. The topological polar surface area (TPSA) is 40.5 Å². The Morgan fingerprint density at radius 1 is 1.05 bits per heavy atom. The molecule has 2 aromatic rings. The number of anilines is 1. The van der Waals surface area contributed by atoms with Crippen LogP contribution in [0.15, 0.2) is 54.6 Å². The fourth-order valence-electron chi connectivity index (χ4n) is 2.46. The molecule has 0 unspecified atom stereocenters. The van der Waals surface area contributed by atoms with Gasteiger partial charge in [-0.1, -0.05) is 36.4 Å². The van der Waals surface area contributed by atoms with Crippen LogP contribution in [0.5, 0.6) is 0 Å². The second kappa shape index (κ2) is 4.76. The van der Waals surface area contributed by atoms with E-state index in [2.05, 4.69) is 29.2 Å². The second-order valence-corrected chi connectivity index (χ2v) is 4.87. The lowest BCUT2D eigenvalue weighted by atomic mass is 9.91. The summed E-state index contributed by atoms with van der Waals surface area (Å²) in [5.41, 5.74) is 2.70. The zero-order valence-corrected chi connectivity index (χ0v) is 10.5. The van der Waals surface area contributed by atoms with Gasteiger partial charge in [0.25, 0.3) is 0 Å². The highest BCUT2D eigenvalue weighted by Gasteiger charge is 2.28. The van der Waals surface area contributed by atoms with Gasteiger partial charge in [-0.2, -0.15) is 0 Å². The van der Waals surface area contributed by atoms with Crippen molar-refractivity contribution in [2.45, 2.75) is 5.92 Å². The number of hydrogen-bond acceptors (Lipinski definition) is 2. The first-order valence-electron chi connectivity index (χ1n) is 6.37. The largest absolute Gasteiger partial charge is 0.478 e. The van der Waals surface area contributed by atoms with Crippen LogP contribution in [0.3, 0.4) is 0 Å². The Bertz CT molecular complexity index is 589. The molecule has 96 valence electrons. The predicted octanol–water partition coefficient (Wildman–Crippen LogP) is 2.99. The summed E-state index contributed by atoms with van der Waals surface area (Å²) in [6, 6.07) is 17.6. The molecule has 0 atom stereocenters. The number of aromatic carboxylic acids is 1. The molecule has 19 heavy (non-hydrogen) atoms. The zero-order chi connectivity index (χ0) is 13.2. The Morgan fingerprint density at radius 2 is 1.79 bits per heavy atom. The van der Waals surface area contributed by atoms with Crippen LogP contribution in [0, 0.1) is 0 Å². The van der Waals surface area contributed by atoms with Crippen molar-refractivity contribution in [3.8, 4) is 0 Å². The molecule has 0 saturated carbocycles. The van der Waals surface area contributed by atoms with Crippen LogP contribution in [-0.2, 0) is 0 Å². The lowest BCUT2D eigenvalue weighted by molar-refractivity contribution is 0.0697. The van der Waals surface area contributed by atoms with Gasteiger partial charge in [-0.05, 0) is 23.8 Å². The number of carboxylic acid groups (broad SMARTS) is 1. The molecule has 0 aromatic heterocycles. The van der Waals surface area contributed by atoms with Gasteiger partial charge in [-0.3, -0.25) is 0 Å². The molecule has 1 fully saturated rings. The number of nitrogens with zero attached hydrogens (tertiary/aromatic N) is 1. The van der Waals surface area contributed by atoms with Crippen LogP contribution in [0.25, 0.3) is 0 Å². The van der Waals surface area contributed by atoms with Crippen LogP contribution in [0.2, 0.25) is 0 Å². The maximum atomic E-state index is 10.9. The first-order valence-corrected chi connectivity index (χ1v) is 6.37. The van der Waals surface area contributed by atoms with E-state index in [0.29, 0.717) is 11.5 Å². The Labute approximate surface area is 112 Å². The summed E-state index contributed by atoms with van der Waals surface area (Å²) in [6.45, 7) is 1.90. The van der Waals surface area contributed by atoms with E-state index in [9.17, 15) is 4.79 Å². The average Bonchev–Trinajstić information content (AvgIpc) is 2.39. The van der Waals surface area contributed by atoms with E-state index in [1.54, 1.807) is 18.2 Å². The Balaban J connectivity index is 1.71. The number of carbonyl (C=O) groups is 1. The highest BCUT2D eigenvalue weighted by Crippen LogP contribution is 2.31. The van der Waals surface area contributed by atoms with Crippen molar-refractivity contribution < 1.29 is 9.90 Å². The number of carboxylic acids is 1. The molecular formula is C16H15NO2. The molecule has 0 spiro atoms.